The van der Waals surface area contributed by atoms with Gasteiger partial charge in [-0.3, -0.25) is 9.59 Å². The van der Waals surface area contributed by atoms with Crippen molar-refractivity contribution < 1.29 is 14.3 Å². The summed E-state index contributed by atoms with van der Waals surface area (Å²) in [6.07, 6.45) is 0.467. The maximum Gasteiger partial charge on any atom is 0.261 e. The lowest BCUT2D eigenvalue weighted by molar-refractivity contribution is -0.143. The van der Waals surface area contributed by atoms with E-state index in [1.165, 1.54) is 5.56 Å². The van der Waals surface area contributed by atoms with Crippen molar-refractivity contribution in [1.29, 1.82) is 0 Å². The summed E-state index contributed by atoms with van der Waals surface area (Å²) in [5, 5.41) is 3.74. The topological polar surface area (TPSA) is 58.6 Å². The van der Waals surface area contributed by atoms with Crippen LogP contribution in [0.25, 0.3) is 0 Å². The number of nitrogens with zero attached hydrogens (tertiary/aromatic N) is 1. The van der Waals surface area contributed by atoms with Crippen LogP contribution in [-0.2, 0) is 16.1 Å². The van der Waals surface area contributed by atoms with Crippen LogP contribution < -0.4 is 10.1 Å². The summed E-state index contributed by atoms with van der Waals surface area (Å²) in [5.41, 5.74) is 1.98. The van der Waals surface area contributed by atoms with Crippen LogP contribution in [0.4, 0.5) is 0 Å². The van der Waals surface area contributed by atoms with Crippen LogP contribution in [0.2, 0.25) is 10.0 Å². The summed E-state index contributed by atoms with van der Waals surface area (Å²) in [6.45, 7) is 9.94. The van der Waals surface area contributed by atoms with Gasteiger partial charge in [-0.1, -0.05) is 62.2 Å². The lowest BCUT2D eigenvalue weighted by Crippen LogP contribution is -2.51. The minimum absolute atomic E-state index is 0.0331. The largest absolute Gasteiger partial charge is 0.484 e. The maximum absolute atomic E-state index is 13.2. The number of hydrogen-bond donors (Lipinski definition) is 1. The average molecular weight is 479 g/mol. The molecule has 7 heteroatoms. The number of carbonyl (C=O) groups excluding carboxylic acids is 2. The van der Waals surface area contributed by atoms with Crippen molar-refractivity contribution in [3.8, 4) is 5.75 Å². The van der Waals surface area contributed by atoms with E-state index in [0.29, 0.717) is 28.1 Å². The fourth-order valence-electron chi connectivity index (χ4n) is 3.31. The molecule has 2 aromatic rings. The van der Waals surface area contributed by atoms with Crippen molar-refractivity contribution in [2.24, 2.45) is 0 Å². The summed E-state index contributed by atoms with van der Waals surface area (Å²) in [7, 11) is 0. The number of halogens is 2. The number of carbonyl (C=O) groups is 2. The van der Waals surface area contributed by atoms with Gasteiger partial charge in [0.25, 0.3) is 5.91 Å². The summed E-state index contributed by atoms with van der Waals surface area (Å²) < 4.78 is 5.75. The van der Waals surface area contributed by atoms with E-state index in [-0.39, 0.29) is 31.0 Å². The Morgan fingerprint density at radius 1 is 1.00 bits per heavy atom. The van der Waals surface area contributed by atoms with Crippen LogP contribution in [0, 0.1) is 0 Å². The quantitative estimate of drug-likeness (QED) is 0.467. The van der Waals surface area contributed by atoms with E-state index < -0.39 is 6.04 Å². The van der Waals surface area contributed by atoms with Crippen molar-refractivity contribution in [2.45, 2.75) is 65.6 Å². The van der Waals surface area contributed by atoms with E-state index in [1.54, 1.807) is 23.1 Å². The van der Waals surface area contributed by atoms with Gasteiger partial charge in [0, 0.05) is 12.6 Å². The zero-order valence-corrected chi connectivity index (χ0v) is 20.8. The molecule has 0 spiro atoms. The Labute approximate surface area is 201 Å². The second kappa shape index (κ2) is 12.1. The minimum Gasteiger partial charge on any atom is -0.484 e. The first-order valence-corrected chi connectivity index (χ1v) is 11.6. The molecule has 5 nitrogen and oxygen atoms in total. The molecule has 1 atom stereocenters. The molecule has 0 aliphatic carbocycles. The van der Waals surface area contributed by atoms with E-state index in [0.717, 1.165) is 5.56 Å². The number of amides is 2. The molecule has 1 N–H and O–H groups in total. The van der Waals surface area contributed by atoms with Gasteiger partial charge in [-0.25, -0.2) is 0 Å². The van der Waals surface area contributed by atoms with Crippen molar-refractivity contribution in [1.82, 2.24) is 10.2 Å². The zero-order chi connectivity index (χ0) is 23.8. The van der Waals surface area contributed by atoms with E-state index in [2.05, 4.69) is 19.2 Å². The summed E-state index contributed by atoms with van der Waals surface area (Å²) in [4.78, 5) is 27.6. The normalized spacial score (nSPS) is 12.0. The molecule has 2 rings (SSSR count). The van der Waals surface area contributed by atoms with E-state index in [4.69, 9.17) is 27.9 Å². The molecule has 174 valence electrons. The SMILES string of the molecule is CC[C@H](C(=O)NC(C)C)N(Cc1ccc(Cl)c(Cl)c1)C(=O)COc1ccc(C(C)C)cc1. The highest BCUT2D eigenvalue weighted by Crippen LogP contribution is 2.24. The summed E-state index contributed by atoms with van der Waals surface area (Å²) in [5.74, 6) is 0.543. The Balaban J connectivity index is 2.21. The van der Waals surface area contributed by atoms with Crippen molar-refractivity contribution >= 4 is 35.0 Å². The van der Waals surface area contributed by atoms with Crippen LogP contribution in [0.5, 0.6) is 5.75 Å². The molecular formula is C25H32Cl2N2O3. The van der Waals surface area contributed by atoms with E-state index in [1.807, 2.05) is 45.0 Å². The van der Waals surface area contributed by atoms with Gasteiger partial charge in [0.1, 0.15) is 11.8 Å². The second-order valence-corrected chi connectivity index (χ2v) is 9.18. The Kier molecular flexibility index (Phi) is 9.85. The smallest absolute Gasteiger partial charge is 0.261 e. The van der Waals surface area contributed by atoms with Crippen LogP contribution in [-0.4, -0.2) is 35.4 Å². The Morgan fingerprint density at radius 2 is 1.66 bits per heavy atom. The highest BCUT2D eigenvalue weighted by molar-refractivity contribution is 6.42. The van der Waals surface area contributed by atoms with Crippen LogP contribution in [0.3, 0.4) is 0 Å². The number of nitrogens with one attached hydrogen (secondary N) is 1. The first-order valence-electron chi connectivity index (χ1n) is 10.9. The predicted molar refractivity (Wildman–Crippen MR) is 130 cm³/mol. The minimum atomic E-state index is -0.633. The third-order valence-corrected chi connectivity index (χ3v) is 5.80. The van der Waals surface area contributed by atoms with Crippen LogP contribution >= 0.6 is 23.2 Å². The highest BCUT2D eigenvalue weighted by atomic mass is 35.5. The highest BCUT2D eigenvalue weighted by Gasteiger charge is 2.29. The summed E-state index contributed by atoms with van der Waals surface area (Å²) in [6, 6.07) is 12.2. The van der Waals surface area contributed by atoms with Crippen LogP contribution in [0.1, 0.15) is 58.1 Å². The Morgan fingerprint density at radius 3 is 2.19 bits per heavy atom. The molecule has 0 heterocycles. The standard InChI is InChI=1S/C25H32Cl2N2O3/c1-6-23(25(31)28-17(4)5)29(14-18-7-12-21(26)22(27)13-18)24(30)15-32-20-10-8-19(9-11-20)16(2)3/h7-13,16-17,23H,6,14-15H2,1-5H3,(H,28,31)/t23-/m1/s1. The molecule has 0 aromatic heterocycles. The molecule has 0 fully saturated rings. The first-order chi connectivity index (χ1) is 15.1. The fraction of sp³-hybridized carbons (Fsp3) is 0.440. The second-order valence-electron chi connectivity index (χ2n) is 8.37. The molecule has 2 aromatic carbocycles. The van der Waals surface area contributed by atoms with Gasteiger partial charge in [-0.2, -0.15) is 0 Å². The fourth-order valence-corrected chi connectivity index (χ4v) is 3.63. The molecule has 0 aliphatic heterocycles. The third-order valence-electron chi connectivity index (χ3n) is 5.06. The molecule has 0 bridgehead atoms. The van der Waals surface area contributed by atoms with Gasteiger partial charge in [-0.15, -0.1) is 0 Å². The van der Waals surface area contributed by atoms with Gasteiger partial charge in [0.2, 0.25) is 5.91 Å². The monoisotopic (exact) mass is 478 g/mol. The number of hydrogen-bond acceptors (Lipinski definition) is 3. The number of ether oxygens (including phenoxy) is 1. The van der Waals surface area contributed by atoms with Crippen molar-refractivity contribution in [2.75, 3.05) is 6.61 Å². The maximum atomic E-state index is 13.2. The van der Waals surface area contributed by atoms with Gasteiger partial charge < -0.3 is 15.0 Å². The first kappa shape index (κ1) is 26.0. The Bertz CT molecular complexity index is 914. The molecule has 2 amide bonds. The molecule has 0 unspecified atom stereocenters. The lowest BCUT2D eigenvalue weighted by Gasteiger charge is -2.31. The van der Waals surface area contributed by atoms with Crippen LogP contribution in [0.15, 0.2) is 42.5 Å². The Hall–Kier alpha value is -2.24. The van der Waals surface area contributed by atoms with Crippen molar-refractivity contribution in [3.63, 3.8) is 0 Å². The van der Waals surface area contributed by atoms with Gasteiger partial charge in [-0.05, 0) is 61.6 Å². The van der Waals surface area contributed by atoms with Gasteiger partial charge in [0.15, 0.2) is 6.61 Å². The van der Waals surface area contributed by atoms with Crippen molar-refractivity contribution in [3.05, 3.63) is 63.6 Å². The predicted octanol–water partition coefficient (Wildman–Crippen LogP) is 5.83. The van der Waals surface area contributed by atoms with Gasteiger partial charge >= 0.3 is 0 Å². The molecule has 32 heavy (non-hydrogen) atoms. The molecule has 0 saturated carbocycles. The lowest BCUT2D eigenvalue weighted by atomic mass is 10.0. The average Bonchev–Trinajstić information content (AvgIpc) is 2.74. The molecule has 0 radical (unpaired) electrons. The third kappa shape index (κ3) is 7.42. The molecule has 0 saturated heterocycles. The zero-order valence-electron chi connectivity index (χ0n) is 19.3. The molecule has 0 aliphatic rings. The van der Waals surface area contributed by atoms with E-state index in [9.17, 15) is 9.59 Å². The van der Waals surface area contributed by atoms with E-state index >= 15 is 0 Å². The number of rotatable bonds is 10. The summed E-state index contributed by atoms with van der Waals surface area (Å²) >= 11 is 12.2. The number of benzene rings is 2. The van der Waals surface area contributed by atoms with Gasteiger partial charge in [0.05, 0.1) is 10.0 Å². The molecular weight excluding hydrogens is 447 g/mol.